The number of nitrogens with one attached hydrogen (secondary N) is 4. The molecule has 1 unspecified atom stereocenters. The zero-order chi connectivity index (χ0) is 24.4. The van der Waals surface area contributed by atoms with Gasteiger partial charge in [-0.25, -0.2) is 4.79 Å². The minimum Gasteiger partial charge on any atom is -0.497 e. The Balaban J connectivity index is 1.30. The molecule has 35 heavy (non-hydrogen) atoms. The molecule has 2 aliphatic rings. The number of carbonyl (C=O) groups excluding carboxylic acids is 3. The van der Waals surface area contributed by atoms with Crippen LogP contribution in [-0.4, -0.2) is 24.8 Å². The summed E-state index contributed by atoms with van der Waals surface area (Å²) in [7, 11) is 1.58. The third-order valence-electron chi connectivity index (χ3n) is 5.66. The van der Waals surface area contributed by atoms with E-state index >= 15 is 0 Å². The number of ether oxygens (including phenoxy) is 1. The summed E-state index contributed by atoms with van der Waals surface area (Å²) in [6.45, 7) is 0. The number of methoxy groups -OCH3 is 1. The number of Topliss-reactive ketones (excluding diaryl/α,β-unsaturated/α-hetero) is 1. The monoisotopic (exact) mass is 468 g/mol. The van der Waals surface area contributed by atoms with Crippen LogP contribution >= 0.6 is 0 Å². The van der Waals surface area contributed by atoms with Crippen molar-refractivity contribution < 1.29 is 19.1 Å². The van der Waals surface area contributed by atoms with E-state index in [1.54, 1.807) is 67.8 Å². The van der Waals surface area contributed by atoms with Crippen molar-refractivity contribution >= 4 is 29.1 Å². The second-order valence-corrected chi connectivity index (χ2v) is 7.73. The van der Waals surface area contributed by atoms with E-state index in [-0.39, 0.29) is 5.78 Å². The van der Waals surface area contributed by atoms with Gasteiger partial charge in [0.25, 0.3) is 5.91 Å². The molecule has 0 aromatic heterocycles. The summed E-state index contributed by atoms with van der Waals surface area (Å²) in [6.07, 6.45) is 0. The van der Waals surface area contributed by atoms with E-state index in [0.717, 1.165) is 5.56 Å². The minimum atomic E-state index is -0.664. The second-order valence-electron chi connectivity index (χ2n) is 7.73. The number of urea groups is 1. The number of benzene rings is 3. The lowest BCUT2D eigenvalue weighted by Gasteiger charge is -2.12. The Morgan fingerprint density at radius 2 is 1.69 bits per heavy atom. The summed E-state index contributed by atoms with van der Waals surface area (Å²) in [5, 5.41) is 11.2. The first-order valence-corrected chi connectivity index (χ1v) is 10.7. The van der Waals surface area contributed by atoms with Crippen LogP contribution in [0, 0.1) is 0 Å². The van der Waals surface area contributed by atoms with Gasteiger partial charge in [-0.1, -0.05) is 30.3 Å². The van der Waals surface area contributed by atoms with Crippen molar-refractivity contribution in [1.29, 1.82) is 0 Å². The SMILES string of the molecule is COc1ccc(C2=C3C(=O)c4c(NC(=O)NNNC(=O)c5ccccc5)cccc4C3N=N2)cc1. The molecule has 1 aliphatic heterocycles. The van der Waals surface area contributed by atoms with Crippen molar-refractivity contribution in [3.63, 3.8) is 0 Å². The summed E-state index contributed by atoms with van der Waals surface area (Å²) in [4.78, 5) is 37.9. The van der Waals surface area contributed by atoms with Crippen LogP contribution in [0.15, 0.2) is 88.6 Å². The average molecular weight is 468 g/mol. The normalized spacial score (nSPS) is 15.5. The number of hydrogen-bond acceptors (Lipinski definition) is 7. The lowest BCUT2D eigenvalue weighted by Crippen LogP contribution is -2.50. The molecule has 3 amide bonds. The highest BCUT2D eigenvalue weighted by molar-refractivity contribution is 6.22. The molecule has 0 fully saturated rings. The molecule has 10 heteroatoms. The lowest BCUT2D eigenvalue weighted by molar-refractivity contribution is 0.0926. The standard InChI is InChI=1S/C25H20N6O4/c1-35-16-12-10-14(11-13-16)21-20-22(28-27-21)17-8-5-9-18(19(17)23(20)32)26-25(34)30-31-29-24(33)15-6-3-2-4-7-15/h2-13,22,31H,1H3,(H,29,33)(H2,26,30,34). The Morgan fingerprint density at radius 3 is 2.43 bits per heavy atom. The molecule has 174 valence electrons. The Morgan fingerprint density at radius 1 is 0.914 bits per heavy atom. The van der Waals surface area contributed by atoms with E-state index in [1.165, 1.54) is 0 Å². The third-order valence-corrected chi connectivity index (χ3v) is 5.66. The van der Waals surface area contributed by atoms with Gasteiger partial charge in [0.1, 0.15) is 17.5 Å². The molecule has 3 aromatic rings. The van der Waals surface area contributed by atoms with Crippen LogP contribution in [0.4, 0.5) is 10.5 Å². The predicted molar refractivity (Wildman–Crippen MR) is 127 cm³/mol. The molecule has 4 N–H and O–H groups in total. The summed E-state index contributed by atoms with van der Waals surface area (Å²) in [5.74, 6) is 0.0258. The Bertz CT molecular complexity index is 1380. The first kappa shape index (κ1) is 22.0. The van der Waals surface area contributed by atoms with Crippen molar-refractivity contribution in [2.24, 2.45) is 10.2 Å². The first-order chi connectivity index (χ1) is 17.1. The highest BCUT2D eigenvalue weighted by atomic mass is 16.5. The molecule has 0 spiro atoms. The lowest BCUT2D eigenvalue weighted by atomic mass is 10.0. The number of fused-ring (bicyclic) bond motifs is 3. The first-order valence-electron chi connectivity index (χ1n) is 10.7. The summed E-state index contributed by atoms with van der Waals surface area (Å²) in [5.41, 5.74) is 10.6. The quantitative estimate of drug-likeness (QED) is 0.409. The molecular weight excluding hydrogens is 448 g/mol. The van der Waals surface area contributed by atoms with Crippen molar-refractivity contribution in [3.8, 4) is 5.75 Å². The van der Waals surface area contributed by atoms with Gasteiger partial charge in [-0.15, -0.1) is 5.53 Å². The average Bonchev–Trinajstić information content (AvgIpc) is 3.45. The van der Waals surface area contributed by atoms with Crippen LogP contribution in [0.3, 0.4) is 0 Å². The summed E-state index contributed by atoms with van der Waals surface area (Å²) < 4.78 is 5.20. The van der Waals surface area contributed by atoms with Crippen molar-refractivity contribution in [1.82, 2.24) is 16.4 Å². The number of anilines is 1. The van der Waals surface area contributed by atoms with Gasteiger partial charge in [-0.05, 0) is 48.0 Å². The number of nitrogens with zero attached hydrogens (tertiary/aromatic N) is 2. The van der Waals surface area contributed by atoms with Crippen molar-refractivity contribution in [2.45, 2.75) is 6.04 Å². The van der Waals surface area contributed by atoms with E-state index < -0.39 is 18.0 Å². The highest BCUT2D eigenvalue weighted by Crippen LogP contribution is 2.48. The van der Waals surface area contributed by atoms with Crippen LogP contribution in [0.1, 0.15) is 37.9 Å². The fourth-order valence-corrected chi connectivity index (χ4v) is 4.02. The number of rotatable bonds is 6. The Hall–Kier alpha value is -4.83. The molecule has 0 radical (unpaired) electrons. The fraction of sp³-hybridized carbons (Fsp3) is 0.0800. The number of hydrazine groups is 2. The molecule has 3 aromatic carbocycles. The third kappa shape index (κ3) is 4.13. The van der Waals surface area contributed by atoms with E-state index in [0.29, 0.717) is 39.4 Å². The molecule has 10 nitrogen and oxygen atoms in total. The second kappa shape index (κ2) is 9.20. The highest BCUT2D eigenvalue weighted by Gasteiger charge is 2.42. The minimum absolute atomic E-state index is 0.248. The van der Waals surface area contributed by atoms with E-state index in [2.05, 4.69) is 31.9 Å². The summed E-state index contributed by atoms with van der Waals surface area (Å²) in [6, 6.07) is 19.7. The molecule has 0 bridgehead atoms. The largest absolute Gasteiger partial charge is 0.497 e. The van der Waals surface area contributed by atoms with Gasteiger partial charge < -0.3 is 10.1 Å². The van der Waals surface area contributed by atoms with E-state index in [1.807, 2.05) is 12.1 Å². The van der Waals surface area contributed by atoms with Gasteiger partial charge in [0.2, 0.25) is 0 Å². The maximum Gasteiger partial charge on any atom is 0.335 e. The maximum atomic E-state index is 13.4. The van der Waals surface area contributed by atoms with Crippen molar-refractivity contribution in [3.05, 3.63) is 101 Å². The molecule has 1 aliphatic carbocycles. The Labute approximate surface area is 200 Å². The smallest absolute Gasteiger partial charge is 0.335 e. The van der Waals surface area contributed by atoms with Gasteiger partial charge in [0.15, 0.2) is 5.78 Å². The zero-order valence-corrected chi connectivity index (χ0v) is 18.5. The number of azo groups is 1. The van der Waals surface area contributed by atoms with Crippen LogP contribution < -0.4 is 26.4 Å². The Kier molecular flexibility index (Phi) is 5.78. The van der Waals surface area contributed by atoms with Gasteiger partial charge >= 0.3 is 6.03 Å². The molecule has 1 atom stereocenters. The van der Waals surface area contributed by atoms with Crippen LogP contribution in [-0.2, 0) is 0 Å². The number of ketones is 1. The molecular formula is C25H20N6O4. The number of hydrogen-bond donors (Lipinski definition) is 4. The zero-order valence-electron chi connectivity index (χ0n) is 18.5. The molecule has 1 heterocycles. The fourth-order valence-electron chi connectivity index (χ4n) is 4.02. The molecule has 0 saturated carbocycles. The van der Waals surface area contributed by atoms with Crippen LogP contribution in [0.25, 0.3) is 5.70 Å². The predicted octanol–water partition coefficient (Wildman–Crippen LogP) is 3.78. The van der Waals surface area contributed by atoms with Gasteiger partial charge in [-0.2, -0.15) is 10.2 Å². The van der Waals surface area contributed by atoms with E-state index in [9.17, 15) is 14.4 Å². The van der Waals surface area contributed by atoms with Crippen LogP contribution in [0.5, 0.6) is 5.75 Å². The van der Waals surface area contributed by atoms with Crippen LogP contribution in [0.2, 0.25) is 0 Å². The number of carbonyl (C=O) groups is 3. The topological polar surface area (TPSA) is 133 Å². The maximum absolute atomic E-state index is 13.4. The van der Waals surface area contributed by atoms with Gasteiger partial charge in [0, 0.05) is 11.1 Å². The summed E-state index contributed by atoms with van der Waals surface area (Å²) >= 11 is 0. The van der Waals surface area contributed by atoms with Gasteiger partial charge in [0.05, 0.1) is 23.9 Å². The van der Waals surface area contributed by atoms with Crippen molar-refractivity contribution in [2.75, 3.05) is 12.4 Å². The molecule has 0 saturated heterocycles. The van der Waals surface area contributed by atoms with E-state index in [4.69, 9.17) is 4.74 Å². The molecule has 5 rings (SSSR count). The van der Waals surface area contributed by atoms with Gasteiger partial charge in [-0.3, -0.25) is 20.4 Å². The number of amides is 3.